The van der Waals surface area contributed by atoms with Crippen LogP contribution in [0.25, 0.3) is 0 Å². The van der Waals surface area contributed by atoms with Crippen molar-refractivity contribution in [1.82, 2.24) is 4.90 Å². The van der Waals surface area contributed by atoms with Crippen molar-refractivity contribution in [2.24, 2.45) is 0 Å². The molecule has 0 radical (unpaired) electrons. The maximum atomic E-state index is 10.9. The van der Waals surface area contributed by atoms with Crippen molar-refractivity contribution in [3.8, 4) is 0 Å². The lowest BCUT2D eigenvalue weighted by Gasteiger charge is -2.14. The Morgan fingerprint density at radius 3 is 2.38 bits per heavy atom. The Balaban J connectivity index is 2.64. The quantitative estimate of drug-likeness (QED) is 0.779. The van der Waals surface area contributed by atoms with Gasteiger partial charge in [0.1, 0.15) is 0 Å². The van der Waals surface area contributed by atoms with Gasteiger partial charge in [-0.2, -0.15) is 0 Å². The molecular weight excluding hydrogens is 230 g/mol. The summed E-state index contributed by atoms with van der Waals surface area (Å²) in [6, 6.07) is 7.96. The Morgan fingerprint density at radius 1 is 1.38 bits per heavy atom. The first-order chi connectivity index (χ1) is 6.09. The molecule has 1 aromatic rings. The zero-order valence-corrected chi connectivity index (χ0v) is 9.34. The Bertz CT molecular complexity index is 294. The standard InChI is InChI=1S/C10H12BrNO/c1-8(13)12(2)7-9-3-5-10(11)6-4-9/h3-6H,7H2,1-2H3. The minimum Gasteiger partial charge on any atom is -0.342 e. The topological polar surface area (TPSA) is 20.3 Å². The van der Waals surface area contributed by atoms with Gasteiger partial charge in [-0.3, -0.25) is 4.79 Å². The number of nitrogens with zero attached hydrogens (tertiary/aromatic N) is 1. The third-order valence-corrected chi connectivity index (χ3v) is 2.40. The summed E-state index contributed by atoms with van der Waals surface area (Å²) in [6.45, 7) is 2.24. The summed E-state index contributed by atoms with van der Waals surface area (Å²) in [5.74, 6) is 0.0860. The van der Waals surface area contributed by atoms with Gasteiger partial charge in [0.15, 0.2) is 0 Å². The van der Waals surface area contributed by atoms with Gasteiger partial charge in [0.05, 0.1) is 0 Å². The predicted octanol–water partition coefficient (Wildman–Crippen LogP) is 2.43. The summed E-state index contributed by atoms with van der Waals surface area (Å²) >= 11 is 3.36. The third-order valence-electron chi connectivity index (χ3n) is 1.87. The zero-order valence-electron chi connectivity index (χ0n) is 7.75. The van der Waals surface area contributed by atoms with E-state index in [1.165, 1.54) is 0 Å². The molecule has 2 nitrogen and oxygen atoms in total. The molecule has 0 saturated heterocycles. The molecule has 0 aliphatic rings. The molecule has 0 saturated carbocycles. The van der Waals surface area contributed by atoms with E-state index in [4.69, 9.17) is 0 Å². The van der Waals surface area contributed by atoms with Gasteiger partial charge in [-0.05, 0) is 17.7 Å². The molecule has 0 heterocycles. The molecule has 0 fully saturated rings. The normalized spacial score (nSPS) is 9.77. The molecule has 70 valence electrons. The van der Waals surface area contributed by atoms with Crippen LogP contribution in [-0.4, -0.2) is 17.9 Å². The van der Waals surface area contributed by atoms with Crippen LogP contribution in [-0.2, 0) is 11.3 Å². The van der Waals surface area contributed by atoms with Crippen LogP contribution in [0.15, 0.2) is 28.7 Å². The maximum absolute atomic E-state index is 10.9. The second-order valence-electron chi connectivity index (χ2n) is 3.00. The number of carbonyl (C=O) groups is 1. The van der Waals surface area contributed by atoms with E-state index in [1.54, 1.807) is 18.9 Å². The molecule has 0 aliphatic carbocycles. The number of rotatable bonds is 2. The van der Waals surface area contributed by atoms with Crippen LogP contribution in [0.1, 0.15) is 12.5 Å². The fourth-order valence-corrected chi connectivity index (χ4v) is 1.24. The van der Waals surface area contributed by atoms with Crippen LogP contribution >= 0.6 is 15.9 Å². The second kappa shape index (κ2) is 4.42. The third kappa shape index (κ3) is 3.19. The van der Waals surface area contributed by atoms with E-state index in [1.807, 2.05) is 24.3 Å². The van der Waals surface area contributed by atoms with Gasteiger partial charge in [0.25, 0.3) is 0 Å². The summed E-state index contributed by atoms with van der Waals surface area (Å²) < 4.78 is 1.06. The van der Waals surface area contributed by atoms with Crippen LogP contribution in [0.5, 0.6) is 0 Å². The lowest BCUT2D eigenvalue weighted by molar-refractivity contribution is -0.128. The van der Waals surface area contributed by atoms with Gasteiger partial charge >= 0.3 is 0 Å². The Kier molecular flexibility index (Phi) is 3.48. The lowest BCUT2D eigenvalue weighted by Crippen LogP contribution is -2.22. The van der Waals surface area contributed by atoms with Crippen LogP contribution < -0.4 is 0 Å². The SMILES string of the molecule is CC(=O)N(C)Cc1ccc(Br)cc1. The predicted molar refractivity (Wildman–Crippen MR) is 56.3 cm³/mol. The molecular formula is C10H12BrNO. The fraction of sp³-hybridized carbons (Fsp3) is 0.300. The summed E-state index contributed by atoms with van der Waals surface area (Å²) in [6.07, 6.45) is 0. The monoisotopic (exact) mass is 241 g/mol. The Hall–Kier alpha value is -0.830. The van der Waals surface area contributed by atoms with E-state index < -0.39 is 0 Å². The van der Waals surface area contributed by atoms with Gasteiger partial charge in [-0.15, -0.1) is 0 Å². The first-order valence-corrected chi connectivity index (χ1v) is 4.85. The summed E-state index contributed by atoms with van der Waals surface area (Å²) in [5.41, 5.74) is 1.14. The molecule has 0 N–H and O–H groups in total. The van der Waals surface area contributed by atoms with E-state index >= 15 is 0 Å². The number of hydrogen-bond donors (Lipinski definition) is 0. The molecule has 0 spiro atoms. The van der Waals surface area contributed by atoms with E-state index in [0.717, 1.165) is 10.0 Å². The smallest absolute Gasteiger partial charge is 0.219 e. The Labute approximate surface area is 86.7 Å². The van der Waals surface area contributed by atoms with E-state index in [0.29, 0.717) is 6.54 Å². The molecule has 0 aromatic heterocycles. The first kappa shape index (κ1) is 10.3. The minimum atomic E-state index is 0.0860. The molecule has 0 unspecified atom stereocenters. The highest BCUT2D eigenvalue weighted by Gasteiger charge is 2.02. The molecule has 0 atom stereocenters. The van der Waals surface area contributed by atoms with E-state index in [-0.39, 0.29) is 5.91 Å². The average Bonchev–Trinajstić information content (AvgIpc) is 2.08. The van der Waals surface area contributed by atoms with Crippen LogP contribution in [0, 0.1) is 0 Å². The molecule has 1 amide bonds. The number of amides is 1. The van der Waals surface area contributed by atoms with E-state index in [2.05, 4.69) is 15.9 Å². The molecule has 0 bridgehead atoms. The van der Waals surface area contributed by atoms with Crippen LogP contribution in [0.3, 0.4) is 0 Å². The maximum Gasteiger partial charge on any atom is 0.219 e. The number of carbonyl (C=O) groups excluding carboxylic acids is 1. The van der Waals surface area contributed by atoms with Gasteiger partial charge in [0.2, 0.25) is 5.91 Å². The fourth-order valence-electron chi connectivity index (χ4n) is 0.975. The second-order valence-corrected chi connectivity index (χ2v) is 3.92. The van der Waals surface area contributed by atoms with Crippen molar-refractivity contribution in [1.29, 1.82) is 0 Å². The highest BCUT2D eigenvalue weighted by molar-refractivity contribution is 9.10. The van der Waals surface area contributed by atoms with Gasteiger partial charge < -0.3 is 4.90 Å². The van der Waals surface area contributed by atoms with Crippen LogP contribution in [0.2, 0.25) is 0 Å². The number of hydrogen-bond acceptors (Lipinski definition) is 1. The minimum absolute atomic E-state index is 0.0860. The molecule has 3 heteroatoms. The van der Waals surface area contributed by atoms with Gasteiger partial charge in [0, 0.05) is 25.0 Å². The average molecular weight is 242 g/mol. The van der Waals surface area contributed by atoms with Crippen molar-refractivity contribution in [2.75, 3.05) is 7.05 Å². The van der Waals surface area contributed by atoms with Crippen molar-refractivity contribution >= 4 is 21.8 Å². The van der Waals surface area contributed by atoms with Crippen molar-refractivity contribution in [3.63, 3.8) is 0 Å². The highest BCUT2D eigenvalue weighted by Crippen LogP contribution is 2.11. The molecule has 1 aromatic carbocycles. The largest absolute Gasteiger partial charge is 0.342 e. The first-order valence-electron chi connectivity index (χ1n) is 4.06. The van der Waals surface area contributed by atoms with Crippen molar-refractivity contribution in [3.05, 3.63) is 34.3 Å². The molecule has 1 rings (SSSR count). The van der Waals surface area contributed by atoms with Crippen molar-refractivity contribution < 1.29 is 4.79 Å². The zero-order chi connectivity index (χ0) is 9.84. The number of halogens is 1. The van der Waals surface area contributed by atoms with Crippen LogP contribution in [0.4, 0.5) is 0 Å². The highest BCUT2D eigenvalue weighted by atomic mass is 79.9. The number of benzene rings is 1. The summed E-state index contributed by atoms with van der Waals surface area (Å²) in [5, 5.41) is 0. The summed E-state index contributed by atoms with van der Waals surface area (Å²) in [4.78, 5) is 12.6. The van der Waals surface area contributed by atoms with Gasteiger partial charge in [-0.1, -0.05) is 28.1 Å². The van der Waals surface area contributed by atoms with E-state index in [9.17, 15) is 4.79 Å². The Morgan fingerprint density at radius 2 is 1.92 bits per heavy atom. The summed E-state index contributed by atoms with van der Waals surface area (Å²) in [7, 11) is 1.80. The molecule has 0 aliphatic heterocycles. The van der Waals surface area contributed by atoms with Crippen molar-refractivity contribution in [2.45, 2.75) is 13.5 Å². The van der Waals surface area contributed by atoms with Gasteiger partial charge in [-0.25, -0.2) is 0 Å². The molecule has 13 heavy (non-hydrogen) atoms. The lowest BCUT2D eigenvalue weighted by atomic mass is 10.2.